The lowest BCUT2D eigenvalue weighted by atomic mass is 10.1. The van der Waals surface area contributed by atoms with Crippen molar-refractivity contribution < 1.29 is 9.53 Å². The minimum atomic E-state index is -0.125. The first-order chi connectivity index (χ1) is 8.54. The van der Waals surface area contributed by atoms with Crippen molar-refractivity contribution in [2.45, 2.75) is 26.3 Å². The van der Waals surface area contributed by atoms with Gasteiger partial charge in [0, 0.05) is 12.6 Å². The lowest BCUT2D eigenvalue weighted by Crippen LogP contribution is -2.28. The Labute approximate surface area is 116 Å². The van der Waals surface area contributed by atoms with E-state index in [0.29, 0.717) is 18.7 Å². The standard InChI is InChI=1S/C13H19BrN2O2/c1-3-16-12(17)8-18-13-10(7-9(2)15)5-4-6-11(13)14/h4-6,9H,3,7-8,15H2,1-2H3,(H,16,17). The molecule has 4 nitrogen and oxygen atoms in total. The number of amides is 1. The first kappa shape index (κ1) is 15.0. The SMILES string of the molecule is CCNC(=O)COc1c(Br)cccc1CC(C)N. The van der Waals surface area contributed by atoms with Crippen molar-refractivity contribution in [1.29, 1.82) is 0 Å². The van der Waals surface area contributed by atoms with Crippen LogP contribution in [0.5, 0.6) is 5.75 Å². The van der Waals surface area contributed by atoms with Crippen molar-refractivity contribution in [3.63, 3.8) is 0 Å². The van der Waals surface area contributed by atoms with Gasteiger partial charge in [0.25, 0.3) is 5.91 Å². The van der Waals surface area contributed by atoms with Gasteiger partial charge in [-0.15, -0.1) is 0 Å². The molecule has 1 rings (SSSR count). The van der Waals surface area contributed by atoms with Gasteiger partial charge in [0.2, 0.25) is 0 Å². The Morgan fingerprint density at radius 1 is 1.56 bits per heavy atom. The summed E-state index contributed by atoms with van der Waals surface area (Å²) in [5.41, 5.74) is 6.80. The predicted octanol–water partition coefficient (Wildman–Crippen LogP) is 1.85. The van der Waals surface area contributed by atoms with Crippen LogP contribution >= 0.6 is 15.9 Å². The molecule has 0 aromatic heterocycles. The maximum atomic E-state index is 11.4. The van der Waals surface area contributed by atoms with Crippen LogP contribution in [0.1, 0.15) is 19.4 Å². The lowest BCUT2D eigenvalue weighted by molar-refractivity contribution is -0.123. The first-order valence-corrected chi connectivity index (χ1v) is 6.76. The maximum Gasteiger partial charge on any atom is 0.257 e. The van der Waals surface area contributed by atoms with Gasteiger partial charge in [-0.2, -0.15) is 0 Å². The van der Waals surface area contributed by atoms with Gasteiger partial charge in [0.05, 0.1) is 4.47 Å². The van der Waals surface area contributed by atoms with Gasteiger partial charge in [0.15, 0.2) is 6.61 Å². The van der Waals surface area contributed by atoms with E-state index in [0.717, 1.165) is 10.0 Å². The van der Waals surface area contributed by atoms with E-state index in [9.17, 15) is 4.79 Å². The molecule has 0 heterocycles. The van der Waals surface area contributed by atoms with Crippen molar-refractivity contribution in [2.24, 2.45) is 5.73 Å². The number of hydrogen-bond acceptors (Lipinski definition) is 3. The number of carbonyl (C=O) groups is 1. The zero-order valence-electron chi connectivity index (χ0n) is 10.7. The summed E-state index contributed by atoms with van der Waals surface area (Å²) in [5, 5.41) is 2.69. The smallest absolute Gasteiger partial charge is 0.257 e. The Morgan fingerprint density at radius 2 is 2.28 bits per heavy atom. The Balaban J connectivity index is 2.76. The number of likely N-dealkylation sites (N-methyl/N-ethyl adjacent to an activating group) is 1. The zero-order valence-corrected chi connectivity index (χ0v) is 12.3. The molecule has 5 heteroatoms. The average molecular weight is 315 g/mol. The van der Waals surface area contributed by atoms with Crippen molar-refractivity contribution >= 4 is 21.8 Å². The van der Waals surface area contributed by atoms with Crippen molar-refractivity contribution in [3.8, 4) is 5.75 Å². The number of halogens is 1. The van der Waals surface area contributed by atoms with Crippen molar-refractivity contribution in [3.05, 3.63) is 28.2 Å². The number of ether oxygens (including phenoxy) is 1. The van der Waals surface area contributed by atoms with Gasteiger partial charge < -0.3 is 15.8 Å². The summed E-state index contributed by atoms with van der Waals surface area (Å²) in [6.45, 7) is 4.43. The fourth-order valence-electron chi connectivity index (χ4n) is 1.61. The van der Waals surface area contributed by atoms with E-state index >= 15 is 0 Å². The molecular weight excluding hydrogens is 296 g/mol. The minimum absolute atomic E-state index is 0.0163. The highest BCUT2D eigenvalue weighted by Crippen LogP contribution is 2.29. The van der Waals surface area contributed by atoms with Crippen LogP contribution in [0.3, 0.4) is 0 Å². The van der Waals surface area contributed by atoms with Crippen LogP contribution in [0, 0.1) is 0 Å². The van der Waals surface area contributed by atoms with E-state index in [4.69, 9.17) is 10.5 Å². The summed E-state index contributed by atoms with van der Waals surface area (Å²) < 4.78 is 6.41. The van der Waals surface area contributed by atoms with Crippen LogP contribution in [0.2, 0.25) is 0 Å². The summed E-state index contributed by atoms with van der Waals surface area (Å²) in [6.07, 6.45) is 0.712. The summed E-state index contributed by atoms with van der Waals surface area (Å²) in [5.74, 6) is 0.570. The van der Waals surface area contributed by atoms with Gasteiger partial charge in [-0.1, -0.05) is 12.1 Å². The second kappa shape index (κ2) is 7.38. The molecule has 0 aliphatic rings. The highest BCUT2D eigenvalue weighted by atomic mass is 79.9. The minimum Gasteiger partial charge on any atom is -0.482 e. The van der Waals surface area contributed by atoms with Gasteiger partial charge in [-0.3, -0.25) is 4.79 Å². The maximum absolute atomic E-state index is 11.4. The number of benzene rings is 1. The molecule has 0 saturated heterocycles. The highest BCUT2D eigenvalue weighted by molar-refractivity contribution is 9.10. The molecule has 1 aromatic carbocycles. The van der Waals surface area contributed by atoms with E-state index in [-0.39, 0.29) is 18.6 Å². The third-order valence-electron chi connectivity index (χ3n) is 2.31. The molecule has 0 fully saturated rings. The first-order valence-electron chi connectivity index (χ1n) is 5.97. The zero-order chi connectivity index (χ0) is 13.5. The third-order valence-corrected chi connectivity index (χ3v) is 2.94. The van der Waals surface area contributed by atoms with Gasteiger partial charge in [-0.25, -0.2) is 0 Å². The summed E-state index contributed by atoms with van der Waals surface area (Å²) >= 11 is 3.43. The monoisotopic (exact) mass is 314 g/mol. The second-order valence-electron chi connectivity index (χ2n) is 4.15. The second-order valence-corrected chi connectivity index (χ2v) is 5.01. The van der Waals surface area contributed by atoms with E-state index in [1.165, 1.54) is 0 Å². The molecule has 100 valence electrons. The largest absolute Gasteiger partial charge is 0.482 e. The molecular formula is C13H19BrN2O2. The van der Waals surface area contributed by atoms with Crippen molar-refractivity contribution in [2.75, 3.05) is 13.2 Å². The van der Waals surface area contributed by atoms with Crippen molar-refractivity contribution in [1.82, 2.24) is 5.32 Å². The fraction of sp³-hybridized carbons (Fsp3) is 0.462. The highest BCUT2D eigenvalue weighted by Gasteiger charge is 2.11. The van der Waals surface area contributed by atoms with E-state index in [2.05, 4.69) is 21.2 Å². The molecule has 0 spiro atoms. The normalized spacial score (nSPS) is 12.0. The summed E-state index contributed by atoms with van der Waals surface area (Å²) in [7, 11) is 0. The molecule has 0 radical (unpaired) electrons. The van der Waals surface area contributed by atoms with Gasteiger partial charge >= 0.3 is 0 Å². The Hall–Kier alpha value is -1.07. The number of hydrogen-bond donors (Lipinski definition) is 2. The Kier molecular flexibility index (Phi) is 6.15. The number of nitrogens with one attached hydrogen (secondary N) is 1. The van der Waals surface area contributed by atoms with Crippen LogP contribution in [0.15, 0.2) is 22.7 Å². The molecule has 3 N–H and O–H groups in total. The van der Waals surface area contributed by atoms with Crippen LogP contribution in [0.4, 0.5) is 0 Å². The van der Waals surface area contributed by atoms with Gasteiger partial charge in [0.1, 0.15) is 5.75 Å². The molecule has 1 atom stereocenters. The Bertz CT molecular complexity index is 408. The van der Waals surface area contributed by atoms with Gasteiger partial charge in [-0.05, 0) is 47.8 Å². The number of nitrogens with two attached hydrogens (primary N) is 1. The number of carbonyl (C=O) groups excluding carboxylic acids is 1. The quantitative estimate of drug-likeness (QED) is 0.842. The molecule has 0 aliphatic heterocycles. The lowest BCUT2D eigenvalue weighted by Gasteiger charge is -2.14. The van der Waals surface area contributed by atoms with Crippen LogP contribution in [0.25, 0.3) is 0 Å². The number of para-hydroxylation sites is 1. The van der Waals surface area contributed by atoms with E-state index in [1.807, 2.05) is 32.0 Å². The molecule has 0 saturated carbocycles. The van der Waals surface area contributed by atoms with E-state index in [1.54, 1.807) is 0 Å². The summed E-state index contributed by atoms with van der Waals surface area (Å²) in [4.78, 5) is 11.4. The number of rotatable bonds is 6. The van der Waals surface area contributed by atoms with Crippen LogP contribution in [-0.2, 0) is 11.2 Å². The summed E-state index contributed by atoms with van der Waals surface area (Å²) in [6, 6.07) is 5.82. The van der Waals surface area contributed by atoms with Crippen LogP contribution in [-0.4, -0.2) is 25.1 Å². The molecule has 18 heavy (non-hydrogen) atoms. The van der Waals surface area contributed by atoms with Crippen LogP contribution < -0.4 is 15.8 Å². The third kappa shape index (κ3) is 4.66. The predicted molar refractivity (Wildman–Crippen MR) is 75.7 cm³/mol. The average Bonchev–Trinajstić information content (AvgIpc) is 2.28. The molecule has 1 aromatic rings. The molecule has 1 unspecified atom stereocenters. The van der Waals surface area contributed by atoms with E-state index < -0.39 is 0 Å². The molecule has 0 aliphatic carbocycles. The molecule has 0 bridgehead atoms. The topological polar surface area (TPSA) is 64.3 Å². The fourth-order valence-corrected chi connectivity index (χ4v) is 2.13. The Morgan fingerprint density at radius 3 is 2.89 bits per heavy atom. The molecule has 1 amide bonds.